The Kier molecular flexibility index (Phi) is 4.41. The molecule has 2 atom stereocenters. The smallest absolute Gasteiger partial charge is 0.317 e. The van der Waals surface area contributed by atoms with E-state index in [0.29, 0.717) is 25.2 Å². The van der Waals surface area contributed by atoms with Crippen LogP contribution in [0.4, 0.5) is 4.79 Å². The first-order valence-corrected chi connectivity index (χ1v) is 8.42. The van der Waals surface area contributed by atoms with E-state index in [4.69, 9.17) is 9.47 Å². The first-order chi connectivity index (χ1) is 10.1. The SMILES string of the molecule is CC(NC(=O)N1CCCC(C2(C)OCCO2)C1)C1CCC1. The van der Waals surface area contributed by atoms with Crippen LogP contribution >= 0.6 is 0 Å². The normalized spacial score (nSPS) is 30.8. The lowest BCUT2D eigenvalue weighted by Gasteiger charge is -2.41. The third-order valence-corrected chi connectivity index (χ3v) is 5.52. The zero-order valence-electron chi connectivity index (χ0n) is 13.3. The van der Waals surface area contributed by atoms with Crippen LogP contribution in [-0.2, 0) is 9.47 Å². The number of nitrogens with zero attached hydrogens (tertiary/aromatic N) is 1. The zero-order valence-corrected chi connectivity index (χ0v) is 13.3. The predicted octanol–water partition coefficient (Wildman–Crippen LogP) is 2.36. The van der Waals surface area contributed by atoms with Crippen molar-refractivity contribution in [1.29, 1.82) is 0 Å². The van der Waals surface area contributed by atoms with E-state index < -0.39 is 5.79 Å². The average molecular weight is 296 g/mol. The Hall–Kier alpha value is -0.810. The number of carbonyl (C=O) groups excluding carboxylic acids is 1. The molecule has 0 bridgehead atoms. The van der Waals surface area contributed by atoms with Gasteiger partial charge in [-0.25, -0.2) is 4.79 Å². The number of rotatable bonds is 3. The highest BCUT2D eigenvalue weighted by atomic mass is 16.7. The molecule has 2 amide bonds. The molecule has 1 saturated carbocycles. The van der Waals surface area contributed by atoms with Gasteiger partial charge in [0.25, 0.3) is 0 Å². The third kappa shape index (κ3) is 3.19. The molecule has 1 N–H and O–H groups in total. The summed E-state index contributed by atoms with van der Waals surface area (Å²) in [6.45, 7) is 7.06. The molecule has 3 rings (SSSR count). The largest absolute Gasteiger partial charge is 0.347 e. The quantitative estimate of drug-likeness (QED) is 0.870. The second-order valence-corrected chi connectivity index (χ2v) is 6.93. The maximum Gasteiger partial charge on any atom is 0.317 e. The molecule has 3 aliphatic rings. The Morgan fingerprint density at radius 3 is 2.57 bits per heavy atom. The molecule has 21 heavy (non-hydrogen) atoms. The Balaban J connectivity index is 1.53. The van der Waals surface area contributed by atoms with Crippen LogP contribution in [0.5, 0.6) is 0 Å². The predicted molar refractivity (Wildman–Crippen MR) is 79.9 cm³/mol. The number of ether oxygens (including phenoxy) is 2. The summed E-state index contributed by atoms with van der Waals surface area (Å²) in [7, 11) is 0. The Bertz CT molecular complexity index is 378. The number of likely N-dealkylation sites (tertiary alicyclic amines) is 1. The van der Waals surface area contributed by atoms with Crippen molar-refractivity contribution in [3.63, 3.8) is 0 Å². The standard InChI is InChI=1S/C16H28N2O3/c1-12(13-5-3-6-13)17-15(19)18-8-4-7-14(11-18)16(2)20-9-10-21-16/h12-14H,3-11H2,1-2H3,(H,17,19). The van der Waals surface area contributed by atoms with Gasteiger partial charge >= 0.3 is 6.03 Å². The molecular weight excluding hydrogens is 268 g/mol. The number of amides is 2. The molecule has 2 saturated heterocycles. The van der Waals surface area contributed by atoms with Crippen molar-refractivity contribution in [2.24, 2.45) is 11.8 Å². The molecule has 3 fully saturated rings. The van der Waals surface area contributed by atoms with Crippen molar-refractivity contribution in [3.05, 3.63) is 0 Å². The lowest BCUT2D eigenvalue weighted by atomic mass is 9.80. The van der Waals surface area contributed by atoms with Crippen LogP contribution in [0.2, 0.25) is 0 Å². The fourth-order valence-electron chi connectivity index (χ4n) is 3.70. The Labute approximate surface area is 127 Å². The van der Waals surface area contributed by atoms with Crippen molar-refractivity contribution in [2.45, 2.75) is 57.8 Å². The molecule has 1 aliphatic carbocycles. The number of hydrogen-bond acceptors (Lipinski definition) is 3. The monoisotopic (exact) mass is 296 g/mol. The summed E-state index contributed by atoms with van der Waals surface area (Å²) >= 11 is 0. The van der Waals surface area contributed by atoms with Crippen LogP contribution in [0, 0.1) is 11.8 Å². The second kappa shape index (κ2) is 6.13. The molecular formula is C16H28N2O3. The Morgan fingerprint density at radius 2 is 1.95 bits per heavy atom. The molecule has 2 aliphatic heterocycles. The van der Waals surface area contributed by atoms with E-state index in [9.17, 15) is 4.79 Å². The highest BCUT2D eigenvalue weighted by Gasteiger charge is 2.42. The highest BCUT2D eigenvalue weighted by molar-refractivity contribution is 5.74. The number of carbonyl (C=O) groups is 1. The van der Waals surface area contributed by atoms with E-state index in [1.807, 2.05) is 11.8 Å². The first kappa shape index (κ1) is 15.1. The van der Waals surface area contributed by atoms with Crippen molar-refractivity contribution in [1.82, 2.24) is 10.2 Å². The summed E-state index contributed by atoms with van der Waals surface area (Å²) in [5, 5.41) is 3.18. The minimum atomic E-state index is -0.501. The summed E-state index contributed by atoms with van der Waals surface area (Å²) in [5.74, 6) is 0.450. The van der Waals surface area contributed by atoms with Crippen LogP contribution in [0.25, 0.3) is 0 Å². The van der Waals surface area contributed by atoms with E-state index in [-0.39, 0.29) is 11.9 Å². The topological polar surface area (TPSA) is 50.8 Å². The van der Waals surface area contributed by atoms with Gasteiger partial charge in [0, 0.05) is 25.0 Å². The van der Waals surface area contributed by atoms with Crippen LogP contribution in [0.3, 0.4) is 0 Å². The Morgan fingerprint density at radius 1 is 1.24 bits per heavy atom. The molecule has 0 aromatic heterocycles. The minimum absolute atomic E-state index is 0.0840. The number of hydrogen-bond donors (Lipinski definition) is 1. The van der Waals surface area contributed by atoms with Crippen LogP contribution in [0.15, 0.2) is 0 Å². The fraction of sp³-hybridized carbons (Fsp3) is 0.938. The maximum absolute atomic E-state index is 12.5. The van der Waals surface area contributed by atoms with Gasteiger partial charge in [-0.15, -0.1) is 0 Å². The molecule has 0 aromatic rings. The highest BCUT2D eigenvalue weighted by Crippen LogP contribution is 2.34. The van der Waals surface area contributed by atoms with Gasteiger partial charge in [-0.2, -0.15) is 0 Å². The lowest BCUT2D eigenvalue weighted by Crippen LogP contribution is -2.53. The van der Waals surface area contributed by atoms with E-state index in [0.717, 1.165) is 25.9 Å². The fourth-order valence-corrected chi connectivity index (χ4v) is 3.70. The van der Waals surface area contributed by atoms with Gasteiger partial charge in [0.15, 0.2) is 5.79 Å². The minimum Gasteiger partial charge on any atom is -0.347 e. The van der Waals surface area contributed by atoms with Crippen molar-refractivity contribution in [2.75, 3.05) is 26.3 Å². The van der Waals surface area contributed by atoms with Gasteiger partial charge in [-0.05, 0) is 45.4 Å². The number of urea groups is 1. The summed E-state index contributed by atoms with van der Waals surface area (Å²) in [5.41, 5.74) is 0. The summed E-state index contributed by atoms with van der Waals surface area (Å²) in [6.07, 6.45) is 5.91. The van der Waals surface area contributed by atoms with Crippen LogP contribution in [0.1, 0.15) is 46.0 Å². The third-order valence-electron chi connectivity index (χ3n) is 5.52. The molecule has 5 heteroatoms. The zero-order chi connectivity index (χ0) is 14.9. The maximum atomic E-state index is 12.5. The van der Waals surface area contributed by atoms with Crippen LogP contribution < -0.4 is 5.32 Å². The van der Waals surface area contributed by atoms with E-state index >= 15 is 0 Å². The van der Waals surface area contributed by atoms with E-state index in [2.05, 4.69) is 12.2 Å². The van der Waals surface area contributed by atoms with Crippen molar-refractivity contribution < 1.29 is 14.3 Å². The average Bonchev–Trinajstić information content (AvgIpc) is 2.85. The summed E-state index contributed by atoms with van der Waals surface area (Å²) in [4.78, 5) is 14.4. The molecule has 0 radical (unpaired) electrons. The molecule has 2 heterocycles. The van der Waals surface area contributed by atoms with Crippen LogP contribution in [-0.4, -0.2) is 49.1 Å². The van der Waals surface area contributed by atoms with Gasteiger partial charge in [0.2, 0.25) is 0 Å². The van der Waals surface area contributed by atoms with E-state index in [1.54, 1.807) is 0 Å². The second-order valence-electron chi connectivity index (χ2n) is 6.93. The van der Waals surface area contributed by atoms with Crippen molar-refractivity contribution in [3.8, 4) is 0 Å². The molecule has 120 valence electrons. The summed E-state index contributed by atoms with van der Waals surface area (Å²) in [6, 6.07) is 0.377. The first-order valence-electron chi connectivity index (χ1n) is 8.42. The molecule has 5 nitrogen and oxygen atoms in total. The number of piperidine rings is 1. The summed E-state index contributed by atoms with van der Waals surface area (Å²) < 4.78 is 11.5. The van der Waals surface area contributed by atoms with Gasteiger partial charge in [-0.1, -0.05) is 6.42 Å². The van der Waals surface area contributed by atoms with E-state index in [1.165, 1.54) is 19.3 Å². The lowest BCUT2D eigenvalue weighted by molar-refractivity contribution is -0.189. The molecule has 0 aromatic carbocycles. The van der Waals surface area contributed by atoms with Gasteiger partial charge in [-0.3, -0.25) is 0 Å². The molecule has 0 spiro atoms. The van der Waals surface area contributed by atoms with Gasteiger partial charge in [0.05, 0.1) is 13.2 Å². The number of nitrogens with one attached hydrogen (secondary N) is 1. The van der Waals surface area contributed by atoms with Gasteiger partial charge < -0.3 is 19.7 Å². The van der Waals surface area contributed by atoms with Gasteiger partial charge in [0.1, 0.15) is 0 Å². The van der Waals surface area contributed by atoms with Crippen molar-refractivity contribution >= 4 is 6.03 Å². The molecule has 2 unspecified atom stereocenters.